The Morgan fingerprint density at radius 3 is 2.41 bits per heavy atom. The minimum Gasteiger partial charge on any atom is -0.396 e. The average Bonchev–Trinajstić information content (AvgIpc) is 2.29. The van der Waals surface area contributed by atoms with Crippen LogP contribution in [0.1, 0.15) is 32.3 Å². The number of hydrogen-bond acceptors (Lipinski definition) is 2. The second-order valence-corrected chi connectivity index (χ2v) is 4.67. The Hall–Kier alpha value is -0.930. The first-order valence-electron chi connectivity index (χ1n) is 6.23. The summed E-state index contributed by atoms with van der Waals surface area (Å²) in [5, 5.41) is 12.2. The molecular formula is C14H22FNO. The first-order valence-corrected chi connectivity index (χ1v) is 6.23. The van der Waals surface area contributed by atoms with Crippen molar-refractivity contribution in [2.45, 2.75) is 45.2 Å². The fourth-order valence-corrected chi connectivity index (χ4v) is 2.00. The van der Waals surface area contributed by atoms with Crippen LogP contribution in [0.25, 0.3) is 0 Å². The largest absolute Gasteiger partial charge is 0.396 e. The lowest BCUT2D eigenvalue weighted by atomic mass is 10.1. The number of hydrogen-bond donors (Lipinski definition) is 2. The fourth-order valence-electron chi connectivity index (χ4n) is 2.00. The molecule has 2 unspecified atom stereocenters. The number of halogens is 1. The van der Waals surface area contributed by atoms with Gasteiger partial charge in [-0.3, -0.25) is 0 Å². The van der Waals surface area contributed by atoms with Crippen molar-refractivity contribution in [3.05, 3.63) is 35.6 Å². The SMILES string of the molecule is CC(CCCO)NC(C)Cc1ccc(F)cc1. The van der Waals surface area contributed by atoms with Crippen LogP contribution in [-0.4, -0.2) is 23.8 Å². The molecule has 0 bridgehead atoms. The molecule has 2 N–H and O–H groups in total. The fraction of sp³-hybridized carbons (Fsp3) is 0.571. The predicted molar refractivity (Wildman–Crippen MR) is 68.5 cm³/mol. The smallest absolute Gasteiger partial charge is 0.123 e. The van der Waals surface area contributed by atoms with Crippen LogP contribution >= 0.6 is 0 Å². The third-order valence-electron chi connectivity index (χ3n) is 2.82. The summed E-state index contributed by atoms with van der Waals surface area (Å²) in [5.41, 5.74) is 1.14. The summed E-state index contributed by atoms with van der Waals surface area (Å²) in [5.74, 6) is -0.189. The zero-order valence-electron chi connectivity index (χ0n) is 10.6. The molecule has 0 saturated carbocycles. The van der Waals surface area contributed by atoms with E-state index in [1.807, 2.05) is 12.1 Å². The maximum absolute atomic E-state index is 12.7. The van der Waals surface area contributed by atoms with Crippen LogP contribution in [-0.2, 0) is 6.42 Å². The van der Waals surface area contributed by atoms with Gasteiger partial charge in [-0.25, -0.2) is 4.39 Å². The van der Waals surface area contributed by atoms with Gasteiger partial charge in [0.25, 0.3) is 0 Å². The van der Waals surface area contributed by atoms with Crippen molar-refractivity contribution >= 4 is 0 Å². The molecule has 96 valence electrons. The first kappa shape index (κ1) is 14.1. The Labute approximate surface area is 103 Å². The van der Waals surface area contributed by atoms with Gasteiger partial charge in [-0.2, -0.15) is 0 Å². The molecule has 1 aromatic carbocycles. The van der Waals surface area contributed by atoms with E-state index in [1.54, 1.807) is 0 Å². The summed E-state index contributed by atoms with van der Waals surface area (Å²) in [6.07, 6.45) is 2.70. The summed E-state index contributed by atoms with van der Waals surface area (Å²) in [6.45, 7) is 4.49. The van der Waals surface area contributed by atoms with Gasteiger partial charge in [0.05, 0.1) is 0 Å². The molecule has 0 fully saturated rings. The second-order valence-electron chi connectivity index (χ2n) is 4.67. The lowest BCUT2D eigenvalue weighted by Gasteiger charge is -2.19. The van der Waals surface area contributed by atoms with Crippen LogP contribution in [0.15, 0.2) is 24.3 Å². The third kappa shape index (κ3) is 5.80. The van der Waals surface area contributed by atoms with Crippen LogP contribution in [0, 0.1) is 5.82 Å². The molecule has 1 rings (SSSR count). The van der Waals surface area contributed by atoms with Crippen LogP contribution < -0.4 is 5.32 Å². The van der Waals surface area contributed by atoms with Gasteiger partial charge in [-0.05, 0) is 50.8 Å². The molecule has 0 radical (unpaired) electrons. The molecule has 17 heavy (non-hydrogen) atoms. The van der Waals surface area contributed by atoms with Crippen molar-refractivity contribution in [2.75, 3.05) is 6.61 Å². The average molecular weight is 239 g/mol. The molecule has 0 saturated heterocycles. The Morgan fingerprint density at radius 2 is 1.82 bits per heavy atom. The Balaban J connectivity index is 2.33. The summed E-state index contributed by atoms with van der Waals surface area (Å²) in [6, 6.07) is 7.40. The van der Waals surface area contributed by atoms with E-state index < -0.39 is 0 Å². The van der Waals surface area contributed by atoms with Gasteiger partial charge >= 0.3 is 0 Å². The summed E-state index contributed by atoms with van der Waals surface area (Å²) in [4.78, 5) is 0. The predicted octanol–water partition coefficient (Wildman–Crippen LogP) is 2.51. The van der Waals surface area contributed by atoms with Crippen LogP contribution in [0.5, 0.6) is 0 Å². The maximum Gasteiger partial charge on any atom is 0.123 e. The Bertz CT molecular complexity index is 313. The number of benzene rings is 1. The molecule has 0 aliphatic rings. The Morgan fingerprint density at radius 1 is 1.18 bits per heavy atom. The molecular weight excluding hydrogens is 217 g/mol. The molecule has 0 aromatic heterocycles. The molecule has 2 nitrogen and oxygen atoms in total. The van der Waals surface area contributed by atoms with Gasteiger partial charge < -0.3 is 10.4 Å². The van der Waals surface area contributed by atoms with Crippen molar-refractivity contribution in [2.24, 2.45) is 0 Å². The van der Waals surface area contributed by atoms with Crippen molar-refractivity contribution in [1.82, 2.24) is 5.32 Å². The highest BCUT2D eigenvalue weighted by Crippen LogP contribution is 2.07. The van der Waals surface area contributed by atoms with Crippen LogP contribution in [0.4, 0.5) is 4.39 Å². The van der Waals surface area contributed by atoms with Crippen molar-refractivity contribution in [1.29, 1.82) is 0 Å². The van der Waals surface area contributed by atoms with E-state index in [4.69, 9.17) is 5.11 Å². The summed E-state index contributed by atoms with van der Waals surface area (Å²) < 4.78 is 12.7. The van der Waals surface area contributed by atoms with Crippen molar-refractivity contribution < 1.29 is 9.50 Å². The van der Waals surface area contributed by atoms with E-state index in [1.165, 1.54) is 12.1 Å². The number of rotatable bonds is 7. The first-order chi connectivity index (χ1) is 8.11. The van der Waals surface area contributed by atoms with Gasteiger partial charge in [0.1, 0.15) is 5.82 Å². The molecule has 0 amide bonds. The zero-order valence-corrected chi connectivity index (χ0v) is 10.6. The molecule has 3 heteroatoms. The van der Waals surface area contributed by atoms with Crippen molar-refractivity contribution in [3.8, 4) is 0 Å². The van der Waals surface area contributed by atoms with E-state index in [2.05, 4.69) is 19.2 Å². The number of aliphatic hydroxyl groups excluding tert-OH is 1. The Kier molecular flexibility index (Phi) is 6.16. The van der Waals surface area contributed by atoms with Gasteiger partial charge in [0, 0.05) is 18.7 Å². The van der Waals surface area contributed by atoms with Crippen LogP contribution in [0.2, 0.25) is 0 Å². The summed E-state index contributed by atoms with van der Waals surface area (Å²) in [7, 11) is 0. The van der Waals surface area contributed by atoms with Gasteiger partial charge in [0.2, 0.25) is 0 Å². The lowest BCUT2D eigenvalue weighted by molar-refractivity contribution is 0.274. The maximum atomic E-state index is 12.7. The van der Waals surface area contributed by atoms with E-state index in [9.17, 15) is 4.39 Å². The second kappa shape index (κ2) is 7.41. The zero-order chi connectivity index (χ0) is 12.7. The molecule has 0 aliphatic heterocycles. The van der Waals surface area contributed by atoms with Gasteiger partial charge in [-0.1, -0.05) is 12.1 Å². The summed E-state index contributed by atoms with van der Waals surface area (Å²) >= 11 is 0. The molecule has 2 atom stereocenters. The van der Waals surface area contributed by atoms with Crippen LogP contribution in [0.3, 0.4) is 0 Å². The third-order valence-corrected chi connectivity index (χ3v) is 2.82. The van der Waals surface area contributed by atoms with Gasteiger partial charge in [0.15, 0.2) is 0 Å². The topological polar surface area (TPSA) is 32.3 Å². The molecule has 0 aliphatic carbocycles. The molecule has 0 heterocycles. The van der Waals surface area contributed by atoms with Gasteiger partial charge in [-0.15, -0.1) is 0 Å². The lowest BCUT2D eigenvalue weighted by Crippen LogP contribution is -2.35. The highest BCUT2D eigenvalue weighted by molar-refractivity contribution is 5.17. The number of aliphatic hydroxyl groups is 1. The molecule has 0 spiro atoms. The highest BCUT2D eigenvalue weighted by atomic mass is 19.1. The quantitative estimate of drug-likeness (QED) is 0.766. The standard InChI is InChI=1S/C14H22FNO/c1-11(4-3-9-17)16-12(2)10-13-5-7-14(15)8-6-13/h5-8,11-12,16-17H,3-4,9-10H2,1-2H3. The van der Waals surface area contributed by atoms with Crippen molar-refractivity contribution in [3.63, 3.8) is 0 Å². The minimum absolute atomic E-state index is 0.189. The normalized spacial score (nSPS) is 14.6. The minimum atomic E-state index is -0.189. The molecule has 1 aromatic rings. The van der Waals surface area contributed by atoms with E-state index in [-0.39, 0.29) is 12.4 Å². The van der Waals surface area contributed by atoms with E-state index in [0.717, 1.165) is 24.8 Å². The number of nitrogens with one attached hydrogen (secondary N) is 1. The monoisotopic (exact) mass is 239 g/mol. The highest BCUT2D eigenvalue weighted by Gasteiger charge is 2.07. The van der Waals surface area contributed by atoms with E-state index in [0.29, 0.717) is 12.1 Å². The van der Waals surface area contributed by atoms with E-state index >= 15 is 0 Å².